The molecule has 1 spiro atoms. The zero-order valence-electron chi connectivity index (χ0n) is 17.1. The molecule has 3 heterocycles. The van der Waals surface area contributed by atoms with E-state index in [4.69, 9.17) is 0 Å². The molecule has 1 aliphatic carbocycles. The third-order valence-corrected chi connectivity index (χ3v) is 10.5. The van der Waals surface area contributed by atoms with Crippen molar-refractivity contribution in [1.29, 1.82) is 0 Å². The van der Waals surface area contributed by atoms with Crippen LogP contribution in [0.5, 0.6) is 0 Å². The molecule has 0 bridgehead atoms. The van der Waals surface area contributed by atoms with Gasteiger partial charge in [-0.2, -0.15) is 4.31 Å². The van der Waals surface area contributed by atoms with Gasteiger partial charge in [0.25, 0.3) is 10.0 Å². The summed E-state index contributed by atoms with van der Waals surface area (Å²) < 4.78 is 28.0. The SMILES string of the molecule is O=C(C[C@@H]1CC2(CCN(S(=O)(=O)c3cccs3)CC2)c2ccccc21)N1CCCC1. The van der Waals surface area contributed by atoms with Gasteiger partial charge in [0.1, 0.15) is 4.21 Å². The third-order valence-electron chi connectivity index (χ3n) is 7.26. The van der Waals surface area contributed by atoms with Gasteiger partial charge in [-0.3, -0.25) is 4.79 Å². The lowest BCUT2D eigenvalue weighted by molar-refractivity contribution is -0.130. The summed E-state index contributed by atoms with van der Waals surface area (Å²) in [6.07, 6.45) is 5.41. The van der Waals surface area contributed by atoms with Crippen molar-refractivity contribution in [1.82, 2.24) is 9.21 Å². The highest BCUT2D eigenvalue weighted by Crippen LogP contribution is 2.53. The van der Waals surface area contributed by atoms with Crippen LogP contribution in [-0.4, -0.2) is 49.7 Å². The van der Waals surface area contributed by atoms with Gasteiger partial charge in [-0.1, -0.05) is 30.3 Å². The quantitative estimate of drug-likeness (QED) is 0.717. The van der Waals surface area contributed by atoms with Gasteiger partial charge < -0.3 is 4.90 Å². The Hall–Kier alpha value is -1.70. The van der Waals surface area contributed by atoms with Crippen LogP contribution in [0.1, 0.15) is 55.6 Å². The molecule has 2 saturated heterocycles. The zero-order valence-corrected chi connectivity index (χ0v) is 18.8. The number of hydrogen-bond acceptors (Lipinski definition) is 4. The van der Waals surface area contributed by atoms with Crippen molar-refractivity contribution in [2.24, 2.45) is 0 Å². The topological polar surface area (TPSA) is 57.7 Å². The fraction of sp³-hybridized carbons (Fsp3) is 0.522. The average molecular weight is 445 g/mol. The number of rotatable bonds is 4. The third kappa shape index (κ3) is 3.41. The Morgan fingerprint density at radius 3 is 2.47 bits per heavy atom. The number of fused-ring (bicyclic) bond motifs is 2. The van der Waals surface area contributed by atoms with Gasteiger partial charge >= 0.3 is 0 Å². The van der Waals surface area contributed by atoms with E-state index < -0.39 is 10.0 Å². The smallest absolute Gasteiger partial charge is 0.252 e. The van der Waals surface area contributed by atoms with Crippen molar-refractivity contribution < 1.29 is 13.2 Å². The molecule has 1 aromatic heterocycles. The number of piperidine rings is 1. The minimum atomic E-state index is -3.39. The van der Waals surface area contributed by atoms with Crippen molar-refractivity contribution in [2.75, 3.05) is 26.2 Å². The van der Waals surface area contributed by atoms with E-state index in [1.54, 1.807) is 16.4 Å². The Labute approximate surface area is 182 Å². The number of amides is 1. The van der Waals surface area contributed by atoms with Crippen molar-refractivity contribution in [3.63, 3.8) is 0 Å². The van der Waals surface area contributed by atoms with Crippen molar-refractivity contribution in [2.45, 2.75) is 54.1 Å². The van der Waals surface area contributed by atoms with Gasteiger partial charge in [0.15, 0.2) is 0 Å². The van der Waals surface area contributed by atoms with Crippen LogP contribution < -0.4 is 0 Å². The van der Waals surface area contributed by atoms with Crippen molar-refractivity contribution >= 4 is 27.3 Å². The molecule has 5 rings (SSSR count). The lowest BCUT2D eigenvalue weighted by Crippen LogP contribution is -2.44. The van der Waals surface area contributed by atoms with Crippen LogP contribution in [0, 0.1) is 0 Å². The van der Waals surface area contributed by atoms with Crippen LogP contribution in [-0.2, 0) is 20.2 Å². The molecule has 0 unspecified atom stereocenters. The Bertz CT molecular complexity index is 1020. The minimum Gasteiger partial charge on any atom is -0.343 e. The van der Waals surface area contributed by atoms with Crippen molar-refractivity contribution in [3.05, 3.63) is 52.9 Å². The van der Waals surface area contributed by atoms with Crippen LogP contribution in [0.2, 0.25) is 0 Å². The summed E-state index contributed by atoms with van der Waals surface area (Å²) in [6.45, 7) is 2.88. The molecule has 30 heavy (non-hydrogen) atoms. The first-order valence-electron chi connectivity index (χ1n) is 10.9. The maximum absolute atomic E-state index is 12.9. The predicted molar refractivity (Wildman–Crippen MR) is 118 cm³/mol. The van der Waals surface area contributed by atoms with E-state index >= 15 is 0 Å². The molecule has 0 radical (unpaired) electrons. The summed E-state index contributed by atoms with van der Waals surface area (Å²) in [4.78, 5) is 14.9. The standard InChI is InChI=1S/C23H28N2O3S2/c26-21(24-11-3-4-12-24)16-18-17-23(20-7-2-1-6-19(18)20)9-13-25(14-10-23)30(27,28)22-8-5-15-29-22/h1-2,5-8,15,18H,3-4,9-14,16-17H2/t18-/m1/s1. The molecule has 2 fully saturated rings. The summed E-state index contributed by atoms with van der Waals surface area (Å²) in [5.41, 5.74) is 2.64. The summed E-state index contributed by atoms with van der Waals surface area (Å²) in [5, 5.41) is 1.81. The maximum atomic E-state index is 12.9. The monoisotopic (exact) mass is 444 g/mol. The molecule has 5 nitrogen and oxygen atoms in total. The van der Waals surface area contributed by atoms with E-state index in [1.165, 1.54) is 22.5 Å². The first-order chi connectivity index (χ1) is 14.5. The number of benzene rings is 1. The second kappa shape index (κ2) is 7.77. The Morgan fingerprint density at radius 2 is 1.77 bits per heavy atom. The lowest BCUT2D eigenvalue weighted by atomic mass is 9.73. The van der Waals surface area contributed by atoms with E-state index in [0.29, 0.717) is 23.7 Å². The summed E-state index contributed by atoms with van der Waals surface area (Å²) in [5.74, 6) is 0.525. The van der Waals surface area contributed by atoms with Crippen LogP contribution in [0.3, 0.4) is 0 Å². The zero-order chi connectivity index (χ0) is 20.8. The Kier molecular flexibility index (Phi) is 5.24. The molecular weight excluding hydrogens is 416 g/mol. The van der Waals surface area contributed by atoms with Gasteiger partial charge in [-0.05, 0) is 66.0 Å². The number of hydrogen-bond donors (Lipinski definition) is 0. The molecule has 2 aliphatic heterocycles. The van der Waals surface area contributed by atoms with Crippen LogP contribution in [0.4, 0.5) is 0 Å². The predicted octanol–water partition coefficient (Wildman–Crippen LogP) is 3.97. The summed E-state index contributed by atoms with van der Waals surface area (Å²) in [6, 6.07) is 12.0. The van der Waals surface area contributed by atoms with E-state index in [0.717, 1.165) is 45.2 Å². The highest BCUT2D eigenvalue weighted by molar-refractivity contribution is 7.91. The number of carbonyl (C=O) groups excluding carboxylic acids is 1. The fourth-order valence-electron chi connectivity index (χ4n) is 5.68. The highest BCUT2D eigenvalue weighted by Gasteiger charge is 2.47. The van der Waals surface area contributed by atoms with Gasteiger partial charge in [0, 0.05) is 32.6 Å². The molecule has 0 saturated carbocycles. The van der Waals surface area contributed by atoms with Gasteiger partial charge in [0.2, 0.25) is 5.91 Å². The van der Waals surface area contributed by atoms with Gasteiger partial charge in [-0.15, -0.1) is 11.3 Å². The van der Waals surface area contributed by atoms with Crippen LogP contribution in [0.25, 0.3) is 0 Å². The molecule has 2 aromatic rings. The molecular formula is C23H28N2O3S2. The second-order valence-electron chi connectivity index (χ2n) is 8.90. The van der Waals surface area contributed by atoms with Crippen molar-refractivity contribution in [3.8, 4) is 0 Å². The van der Waals surface area contributed by atoms with Crippen LogP contribution >= 0.6 is 11.3 Å². The van der Waals surface area contributed by atoms with E-state index in [9.17, 15) is 13.2 Å². The largest absolute Gasteiger partial charge is 0.343 e. The lowest BCUT2D eigenvalue weighted by Gasteiger charge is -2.39. The molecule has 3 aliphatic rings. The summed E-state index contributed by atoms with van der Waals surface area (Å²) in [7, 11) is -3.39. The molecule has 1 atom stereocenters. The maximum Gasteiger partial charge on any atom is 0.252 e. The number of sulfonamides is 1. The fourth-order valence-corrected chi connectivity index (χ4v) is 8.27. The van der Waals surface area contributed by atoms with E-state index in [1.807, 2.05) is 10.3 Å². The van der Waals surface area contributed by atoms with E-state index in [2.05, 4.69) is 24.3 Å². The number of carbonyl (C=O) groups is 1. The van der Waals surface area contributed by atoms with Gasteiger partial charge in [0.05, 0.1) is 0 Å². The Morgan fingerprint density at radius 1 is 1.03 bits per heavy atom. The first kappa shape index (κ1) is 20.2. The second-order valence-corrected chi connectivity index (χ2v) is 12.0. The molecule has 7 heteroatoms. The normalized spacial score (nSPS) is 23.7. The molecule has 0 N–H and O–H groups in total. The molecule has 160 valence electrons. The average Bonchev–Trinajstić information content (AvgIpc) is 3.51. The van der Waals surface area contributed by atoms with Gasteiger partial charge in [-0.25, -0.2) is 8.42 Å². The minimum absolute atomic E-state index is 0.00593. The summed E-state index contributed by atoms with van der Waals surface area (Å²) >= 11 is 1.28. The van der Waals surface area contributed by atoms with Crippen LogP contribution in [0.15, 0.2) is 46.0 Å². The number of nitrogens with zero attached hydrogens (tertiary/aromatic N) is 2. The number of likely N-dealkylation sites (tertiary alicyclic amines) is 1. The highest BCUT2D eigenvalue weighted by atomic mass is 32.2. The molecule has 1 amide bonds. The van der Waals surface area contributed by atoms with E-state index in [-0.39, 0.29) is 17.2 Å². The first-order valence-corrected chi connectivity index (χ1v) is 13.2. The molecule has 1 aromatic carbocycles. The Balaban J connectivity index is 1.35. The number of thiophene rings is 1.